The van der Waals surface area contributed by atoms with E-state index in [9.17, 15) is 14.7 Å². The summed E-state index contributed by atoms with van der Waals surface area (Å²) >= 11 is 0. The summed E-state index contributed by atoms with van der Waals surface area (Å²) in [6.07, 6.45) is 9.90. The minimum absolute atomic E-state index is 0.0300. The molecule has 0 saturated heterocycles. The van der Waals surface area contributed by atoms with Crippen LogP contribution in [0, 0.1) is 0 Å². The second-order valence-corrected chi connectivity index (χ2v) is 5.98. The smallest absolute Gasteiger partial charge is 0.269 e. The number of hydrogen-bond acceptors (Lipinski definition) is 4. The molecule has 0 heterocycles. The monoisotopic (exact) mass is 335 g/mol. The van der Waals surface area contributed by atoms with Gasteiger partial charge in [0, 0.05) is 12.1 Å². The van der Waals surface area contributed by atoms with Crippen LogP contribution < -0.4 is 16.6 Å². The number of carbonyl (C=O) groups excluding carboxylic acids is 2. The van der Waals surface area contributed by atoms with E-state index in [1.54, 1.807) is 6.07 Å². The summed E-state index contributed by atoms with van der Waals surface area (Å²) in [4.78, 5) is 23.4. The number of unbranched alkanes of at least 4 members (excludes halogenated alkanes) is 7. The highest BCUT2D eigenvalue weighted by Gasteiger charge is 2.11. The molecule has 0 radical (unpaired) electrons. The number of aromatic hydroxyl groups is 1. The van der Waals surface area contributed by atoms with Gasteiger partial charge in [0.05, 0.1) is 5.56 Å². The van der Waals surface area contributed by atoms with Gasteiger partial charge in [0.15, 0.2) is 0 Å². The number of hydrogen-bond donors (Lipinski definition) is 4. The van der Waals surface area contributed by atoms with Gasteiger partial charge in [0.1, 0.15) is 5.75 Å². The SMILES string of the molecule is CCCCCCCCCCC(=O)Nc1ccc(O)c(C(=O)NN)c1. The van der Waals surface area contributed by atoms with Crippen molar-refractivity contribution in [3.63, 3.8) is 0 Å². The summed E-state index contributed by atoms with van der Waals surface area (Å²) in [7, 11) is 0. The second kappa shape index (κ2) is 11.5. The minimum atomic E-state index is -0.605. The third kappa shape index (κ3) is 7.46. The van der Waals surface area contributed by atoms with E-state index in [0.29, 0.717) is 12.1 Å². The highest BCUT2D eigenvalue weighted by Crippen LogP contribution is 2.21. The molecule has 0 atom stereocenters. The molecule has 0 aromatic heterocycles. The summed E-state index contributed by atoms with van der Waals surface area (Å²) in [6, 6.07) is 4.31. The maximum atomic E-state index is 11.9. The molecule has 1 rings (SSSR count). The number of rotatable bonds is 11. The van der Waals surface area contributed by atoms with Crippen molar-refractivity contribution in [3.8, 4) is 5.75 Å². The molecule has 0 fully saturated rings. The van der Waals surface area contributed by atoms with Crippen LogP contribution in [-0.2, 0) is 4.79 Å². The number of carbonyl (C=O) groups is 2. The van der Waals surface area contributed by atoms with Gasteiger partial charge < -0.3 is 10.4 Å². The van der Waals surface area contributed by atoms with Crippen LogP contribution in [0.25, 0.3) is 0 Å². The topological polar surface area (TPSA) is 104 Å². The van der Waals surface area contributed by atoms with Crippen LogP contribution in [-0.4, -0.2) is 16.9 Å². The van der Waals surface area contributed by atoms with Crippen molar-refractivity contribution in [1.29, 1.82) is 0 Å². The number of anilines is 1. The molecule has 24 heavy (non-hydrogen) atoms. The summed E-state index contributed by atoms with van der Waals surface area (Å²) in [5, 5.41) is 12.4. The summed E-state index contributed by atoms with van der Waals surface area (Å²) < 4.78 is 0. The molecule has 5 N–H and O–H groups in total. The van der Waals surface area contributed by atoms with Gasteiger partial charge in [0.2, 0.25) is 5.91 Å². The van der Waals surface area contributed by atoms with E-state index < -0.39 is 5.91 Å². The molecule has 0 saturated carbocycles. The Labute approximate surface area is 143 Å². The van der Waals surface area contributed by atoms with E-state index in [4.69, 9.17) is 5.84 Å². The quantitative estimate of drug-likeness (QED) is 0.163. The lowest BCUT2D eigenvalue weighted by molar-refractivity contribution is -0.116. The van der Waals surface area contributed by atoms with E-state index in [0.717, 1.165) is 19.3 Å². The van der Waals surface area contributed by atoms with Gasteiger partial charge in [-0.2, -0.15) is 0 Å². The number of hydrazine groups is 1. The summed E-state index contributed by atoms with van der Waals surface area (Å²) in [5.74, 6) is 4.18. The maximum Gasteiger partial charge on any atom is 0.269 e. The summed E-state index contributed by atoms with van der Waals surface area (Å²) in [6.45, 7) is 2.21. The Morgan fingerprint density at radius 1 is 1.04 bits per heavy atom. The molecule has 6 heteroatoms. The van der Waals surface area contributed by atoms with Crippen LogP contribution in [0.2, 0.25) is 0 Å². The molecule has 6 nitrogen and oxygen atoms in total. The number of nitrogens with two attached hydrogens (primary N) is 1. The molecule has 1 aromatic rings. The fraction of sp³-hybridized carbons (Fsp3) is 0.556. The third-order valence-electron chi connectivity index (χ3n) is 3.91. The predicted molar refractivity (Wildman–Crippen MR) is 95.6 cm³/mol. The third-order valence-corrected chi connectivity index (χ3v) is 3.91. The van der Waals surface area contributed by atoms with Crippen LogP contribution in [0.5, 0.6) is 5.75 Å². The van der Waals surface area contributed by atoms with Crippen LogP contribution in [0.3, 0.4) is 0 Å². The van der Waals surface area contributed by atoms with Crippen molar-refractivity contribution in [3.05, 3.63) is 23.8 Å². The van der Waals surface area contributed by atoms with Gasteiger partial charge in [-0.15, -0.1) is 0 Å². The van der Waals surface area contributed by atoms with Crippen molar-refractivity contribution in [2.45, 2.75) is 64.7 Å². The number of amides is 2. The molecule has 0 bridgehead atoms. The minimum Gasteiger partial charge on any atom is -0.507 e. The zero-order chi connectivity index (χ0) is 17.8. The molecular weight excluding hydrogens is 306 g/mol. The van der Waals surface area contributed by atoms with E-state index in [1.807, 2.05) is 5.43 Å². The Bertz CT molecular complexity index is 532. The molecule has 0 aliphatic carbocycles. The molecule has 0 aliphatic rings. The Morgan fingerprint density at radius 2 is 1.67 bits per heavy atom. The lowest BCUT2D eigenvalue weighted by atomic mass is 10.1. The number of benzene rings is 1. The Kier molecular flexibility index (Phi) is 9.53. The Balaban J connectivity index is 2.29. The van der Waals surface area contributed by atoms with Crippen LogP contribution >= 0.6 is 0 Å². The lowest BCUT2D eigenvalue weighted by Crippen LogP contribution is -2.30. The average Bonchev–Trinajstić information content (AvgIpc) is 2.58. The Hall–Kier alpha value is -2.08. The van der Waals surface area contributed by atoms with Gasteiger partial charge in [-0.1, -0.05) is 51.9 Å². The van der Waals surface area contributed by atoms with Crippen LogP contribution in [0.1, 0.15) is 75.1 Å². The molecule has 2 amide bonds. The van der Waals surface area contributed by atoms with E-state index in [1.165, 1.54) is 44.2 Å². The molecule has 0 unspecified atom stereocenters. The van der Waals surface area contributed by atoms with Crippen LogP contribution in [0.15, 0.2) is 18.2 Å². The first-order chi connectivity index (χ1) is 11.6. The Morgan fingerprint density at radius 3 is 2.29 bits per heavy atom. The van der Waals surface area contributed by atoms with Gasteiger partial charge in [-0.3, -0.25) is 15.0 Å². The molecule has 134 valence electrons. The van der Waals surface area contributed by atoms with Gasteiger partial charge in [-0.05, 0) is 24.6 Å². The van der Waals surface area contributed by atoms with Crippen molar-refractivity contribution >= 4 is 17.5 Å². The fourth-order valence-corrected chi connectivity index (χ4v) is 2.52. The molecule has 1 aromatic carbocycles. The molecule has 0 spiro atoms. The maximum absolute atomic E-state index is 11.9. The molecule has 0 aliphatic heterocycles. The van der Waals surface area contributed by atoms with Gasteiger partial charge >= 0.3 is 0 Å². The number of nitrogen functional groups attached to an aromatic ring is 1. The van der Waals surface area contributed by atoms with E-state index >= 15 is 0 Å². The van der Waals surface area contributed by atoms with Crippen molar-refractivity contribution < 1.29 is 14.7 Å². The first-order valence-corrected chi connectivity index (χ1v) is 8.72. The standard InChI is InChI=1S/C18H29N3O3/c1-2-3-4-5-6-7-8-9-10-17(23)20-14-11-12-16(22)15(13-14)18(24)21-19/h11-13,22H,2-10,19H2,1H3,(H,20,23)(H,21,24). The first-order valence-electron chi connectivity index (χ1n) is 8.72. The average molecular weight is 335 g/mol. The zero-order valence-corrected chi connectivity index (χ0v) is 14.4. The number of phenolic OH excluding ortho intramolecular Hbond substituents is 1. The number of phenols is 1. The fourth-order valence-electron chi connectivity index (χ4n) is 2.52. The highest BCUT2D eigenvalue weighted by atomic mass is 16.3. The second-order valence-electron chi connectivity index (χ2n) is 5.98. The largest absolute Gasteiger partial charge is 0.507 e. The van der Waals surface area contributed by atoms with Crippen molar-refractivity contribution in [2.24, 2.45) is 5.84 Å². The predicted octanol–water partition coefficient (Wildman–Crippen LogP) is 3.47. The summed E-state index contributed by atoms with van der Waals surface area (Å²) in [5.41, 5.74) is 2.46. The van der Waals surface area contributed by atoms with E-state index in [2.05, 4.69) is 12.2 Å². The first kappa shape index (κ1) is 20.0. The van der Waals surface area contributed by atoms with Crippen molar-refractivity contribution in [1.82, 2.24) is 5.43 Å². The normalized spacial score (nSPS) is 10.4. The zero-order valence-electron chi connectivity index (χ0n) is 14.4. The van der Waals surface area contributed by atoms with Crippen LogP contribution in [0.4, 0.5) is 5.69 Å². The lowest BCUT2D eigenvalue weighted by Gasteiger charge is -2.08. The van der Waals surface area contributed by atoms with Crippen molar-refractivity contribution in [2.75, 3.05) is 5.32 Å². The van der Waals surface area contributed by atoms with E-state index in [-0.39, 0.29) is 17.2 Å². The highest BCUT2D eigenvalue weighted by molar-refractivity contribution is 5.99. The van der Waals surface area contributed by atoms with Gasteiger partial charge in [-0.25, -0.2) is 5.84 Å². The van der Waals surface area contributed by atoms with Gasteiger partial charge in [0.25, 0.3) is 5.91 Å². The number of nitrogens with one attached hydrogen (secondary N) is 2. The molecular formula is C18H29N3O3.